The van der Waals surface area contributed by atoms with Crippen LogP contribution in [0.25, 0.3) is 6.08 Å². The highest BCUT2D eigenvalue weighted by molar-refractivity contribution is 5.51. The SMILES string of the molecule is COc1ccc(C(O)/C=C/c2ccc(C(C)(C)C)cc2)cc1.COc1ccc(C(O)CCc2ccc(C(C)(C)C)cc2)cc1. The fourth-order valence-electron chi connectivity index (χ4n) is 4.68. The Balaban J connectivity index is 0.000000240. The third kappa shape index (κ3) is 10.7. The predicted octanol–water partition coefficient (Wildman–Crippen LogP) is 9.40. The number of benzene rings is 4. The van der Waals surface area contributed by atoms with Gasteiger partial charge in [0.05, 0.1) is 26.4 Å². The molecule has 0 heterocycles. The van der Waals surface area contributed by atoms with Gasteiger partial charge in [-0.05, 0) is 81.3 Å². The van der Waals surface area contributed by atoms with E-state index in [0.29, 0.717) is 0 Å². The van der Waals surface area contributed by atoms with Gasteiger partial charge in [0.1, 0.15) is 11.5 Å². The summed E-state index contributed by atoms with van der Waals surface area (Å²) in [5.74, 6) is 1.60. The number of hydrogen-bond donors (Lipinski definition) is 2. The molecule has 0 amide bonds. The van der Waals surface area contributed by atoms with Crippen LogP contribution in [0.3, 0.4) is 0 Å². The van der Waals surface area contributed by atoms with E-state index in [1.54, 1.807) is 20.3 Å². The highest BCUT2D eigenvalue weighted by atomic mass is 16.5. The zero-order chi connectivity index (χ0) is 32.3. The van der Waals surface area contributed by atoms with Crippen molar-refractivity contribution >= 4 is 6.08 Å². The summed E-state index contributed by atoms with van der Waals surface area (Å²) in [4.78, 5) is 0. The molecule has 234 valence electrons. The molecule has 0 aliphatic carbocycles. The smallest absolute Gasteiger partial charge is 0.118 e. The maximum absolute atomic E-state index is 10.3. The van der Waals surface area contributed by atoms with Crippen LogP contribution in [0, 0.1) is 0 Å². The standard InChI is InChI=1S/C20H26O2.C20H24O2/c2*1-20(2,3)17-10-5-15(6-11-17)7-14-19(21)16-8-12-18(22-4)13-9-16/h5-6,8-13,19,21H,7,14H2,1-4H3;5-14,19,21H,1-4H3/b;14-7+. The van der Waals surface area contributed by atoms with E-state index in [-0.39, 0.29) is 10.8 Å². The molecule has 0 radical (unpaired) electrons. The molecule has 0 fully saturated rings. The fraction of sp³-hybridized carbons (Fsp3) is 0.350. The molecule has 0 aliphatic heterocycles. The highest BCUT2D eigenvalue weighted by Crippen LogP contribution is 2.26. The van der Waals surface area contributed by atoms with Crippen molar-refractivity contribution in [1.82, 2.24) is 0 Å². The number of hydrogen-bond acceptors (Lipinski definition) is 4. The van der Waals surface area contributed by atoms with Crippen LogP contribution in [0.2, 0.25) is 0 Å². The zero-order valence-corrected chi connectivity index (χ0v) is 27.7. The molecule has 4 heteroatoms. The van der Waals surface area contributed by atoms with Gasteiger partial charge in [-0.15, -0.1) is 0 Å². The van der Waals surface area contributed by atoms with E-state index >= 15 is 0 Å². The molecule has 4 rings (SSSR count). The normalized spacial score (nSPS) is 13.1. The molecule has 44 heavy (non-hydrogen) atoms. The molecule has 2 N–H and O–H groups in total. The van der Waals surface area contributed by atoms with Gasteiger partial charge < -0.3 is 19.7 Å². The quantitative estimate of drug-likeness (QED) is 0.203. The second-order valence-corrected chi connectivity index (χ2v) is 13.2. The molecule has 2 atom stereocenters. The minimum atomic E-state index is -0.617. The van der Waals surface area contributed by atoms with E-state index in [1.807, 2.05) is 54.6 Å². The third-order valence-corrected chi connectivity index (χ3v) is 7.73. The first-order chi connectivity index (χ1) is 20.8. The molecule has 4 aromatic rings. The summed E-state index contributed by atoms with van der Waals surface area (Å²) in [5.41, 5.74) is 7.12. The first-order valence-corrected chi connectivity index (χ1v) is 15.3. The van der Waals surface area contributed by atoms with Gasteiger partial charge in [0.2, 0.25) is 0 Å². The summed E-state index contributed by atoms with van der Waals surface area (Å²) < 4.78 is 10.3. The lowest BCUT2D eigenvalue weighted by Crippen LogP contribution is -2.10. The van der Waals surface area contributed by atoms with E-state index in [2.05, 4.69) is 90.1 Å². The third-order valence-electron chi connectivity index (χ3n) is 7.73. The second kappa shape index (κ2) is 15.7. The molecular formula is C40H50O4. The van der Waals surface area contributed by atoms with Crippen molar-refractivity contribution in [3.05, 3.63) is 137 Å². The van der Waals surface area contributed by atoms with Crippen molar-refractivity contribution in [3.8, 4) is 11.5 Å². The first kappa shape index (κ1) is 34.6. The van der Waals surface area contributed by atoms with Crippen LogP contribution in [-0.2, 0) is 17.3 Å². The van der Waals surface area contributed by atoms with E-state index in [0.717, 1.165) is 41.0 Å². The molecule has 0 saturated carbocycles. The van der Waals surface area contributed by atoms with Crippen molar-refractivity contribution in [2.24, 2.45) is 0 Å². The molecule has 0 spiro atoms. The van der Waals surface area contributed by atoms with Crippen LogP contribution >= 0.6 is 0 Å². The number of aryl methyl sites for hydroxylation is 1. The summed E-state index contributed by atoms with van der Waals surface area (Å²) >= 11 is 0. The van der Waals surface area contributed by atoms with E-state index in [1.165, 1.54) is 16.7 Å². The highest BCUT2D eigenvalue weighted by Gasteiger charge is 2.14. The Morgan fingerprint density at radius 3 is 1.45 bits per heavy atom. The topological polar surface area (TPSA) is 58.9 Å². The van der Waals surface area contributed by atoms with Crippen LogP contribution in [0.1, 0.15) is 93.6 Å². The van der Waals surface area contributed by atoms with Gasteiger partial charge in [0.25, 0.3) is 0 Å². The van der Waals surface area contributed by atoms with Gasteiger partial charge in [-0.1, -0.05) is 126 Å². The summed E-state index contributed by atoms with van der Waals surface area (Å²) in [6.07, 6.45) is 4.29. The minimum Gasteiger partial charge on any atom is -0.497 e. The van der Waals surface area contributed by atoms with Crippen LogP contribution in [0.5, 0.6) is 11.5 Å². The lowest BCUT2D eigenvalue weighted by atomic mass is 9.86. The monoisotopic (exact) mass is 594 g/mol. The maximum atomic E-state index is 10.3. The maximum Gasteiger partial charge on any atom is 0.118 e. The lowest BCUT2D eigenvalue weighted by molar-refractivity contribution is 0.168. The van der Waals surface area contributed by atoms with Crippen molar-refractivity contribution in [2.45, 2.75) is 77.4 Å². The Bertz CT molecular complexity index is 1420. The van der Waals surface area contributed by atoms with E-state index in [4.69, 9.17) is 9.47 Å². The summed E-state index contributed by atoms with van der Waals surface area (Å²) in [6.45, 7) is 13.3. The van der Waals surface area contributed by atoms with Gasteiger partial charge in [-0.25, -0.2) is 0 Å². The Labute approximate surface area is 265 Å². The van der Waals surface area contributed by atoms with Crippen molar-refractivity contribution in [1.29, 1.82) is 0 Å². The van der Waals surface area contributed by atoms with Crippen LogP contribution in [0.15, 0.2) is 103 Å². The number of aliphatic hydroxyl groups is 2. The van der Waals surface area contributed by atoms with Crippen molar-refractivity contribution in [3.63, 3.8) is 0 Å². The Morgan fingerprint density at radius 1 is 0.591 bits per heavy atom. The summed E-state index contributed by atoms with van der Waals surface area (Å²) in [7, 11) is 3.28. The zero-order valence-electron chi connectivity index (χ0n) is 27.7. The summed E-state index contributed by atoms with van der Waals surface area (Å²) in [5, 5.41) is 20.5. The van der Waals surface area contributed by atoms with Gasteiger partial charge >= 0.3 is 0 Å². The summed E-state index contributed by atoms with van der Waals surface area (Å²) in [6, 6.07) is 32.2. The van der Waals surface area contributed by atoms with Crippen LogP contribution in [-0.4, -0.2) is 24.4 Å². The lowest BCUT2D eigenvalue weighted by Gasteiger charge is -2.19. The molecule has 4 aromatic carbocycles. The average molecular weight is 595 g/mol. The molecule has 0 aliphatic rings. The number of aliphatic hydroxyl groups excluding tert-OH is 2. The Hall–Kier alpha value is -3.86. The Kier molecular flexibility index (Phi) is 12.4. The van der Waals surface area contributed by atoms with Gasteiger partial charge in [0, 0.05) is 0 Å². The predicted molar refractivity (Wildman–Crippen MR) is 184 cm³/mol. The molecular weight excluding hydrogens is 544 g/mol. The first-order valence-electron chi connectivity index (χ1n) is 15.3. The van der Waals surface area contributed by atoms with Gasteiger partial charge in [0.15, 0.2) is 0 Å². The number of methoxy groups -OCH3 is 2. The molecule has 2 unspecified atom stereocenters. The molecule has 0 aromatic heterocycles. The fourth-order valence-corrected chi connectivity index (χ4v) is 4.68. The average Bonchev–Trinajstić information content (AvgIpc) is 3.02. The van der Waals surface area contributed by atoms with E-state index < -0.39 is 12.2 Å². The van der Waals surface area contributed by atoms with Crippen LogP contribution in [0.4, 0.5) is 0 Å². The Morgan fingerprint density at radius 2 is 1.02 bits per heavy atom. The van der Waals surface area contributed by atoms with Crippen molar-refractivity contribution < 1.29 is 19.7 Å². The molecule has 0 bridgehead atoms. The molecule has 4 nitrogen and oxygen atoms in total. The second-order valence-electron chi connectivity index (χ2n) is 13.2. The van der Waals surface area contributed by atoms with Gasteiger partial charge in [-0.3, -0.25) is 0 Å². The number of ether oxygens (including phenoxy) is 2. The number of rotatable bonds is 9. The minimum absolute atomic E-state index is 0.158. The van der Waals surface area contributed by atoms with Gasteiger partial charge in [-0.2, -0.15) is 0 Å². The van der Waals surface area contributed by atoms with E-state index in [9.17, 15) is 10.2 Å². The largest absolute Gasteiger partial charge is 0.497 e. The van der Waals surface area contributed by atoms with Crippen LogP contribution < -0.4 is 9.47 Å². The van der Waals surface area contributed by atoms with Crippen molar-refractivity contribution in [2.75, 3.05) is 14.2 Å². The molecule has 0 saturated heterocycles.